The predicted octanol–water partition coefficient (Wildman–Crippen LogP) is 1.89. The van der Waals surface area contributed by atoms with Crippen LogP contribution in [0.5, 0.6) is 0 Å². The van der Waals surface area contributed by atoms with Crippen LogP contribution in [-0.2, 0) is 14.8 Å². The van der Waals surface area contributed by atoms with Crippen molar-refractivity contribution in [3.8, 4) is 0 Å². The number of hydrogen-bond donors (Lipinski definition) is 2. The zero-order valence-corrected chi connectivity index (χ0v) is 15.6. The van der Waals surface area contributed by atoms with Gasteiger partial charge in [0.25, 0.3) is 10.0 Å². The summed E-state index contributed by atoms with van der Waals surface area (Å²) in [5, 5.41) is 4.49. The van der Waals surface area contributed by atoms with Gasteiger partial charge < -0.3 is 11.1 Å². The molecule has 1 aliphatic heterocycles. The second kappa shape index (κ2) is 7.56. The van der Waals surface area contributed by atoms with E-state index in [-0.39, 0.29) is 12.5 Å². The molecule has 1 aliphatic rings. The van der Waals surface area contributed by atoms with Crippen LogP contribution in [0.3, 0.4) is 0 Å². The molecule has 138 valence electrons. The van der Waals surface area contributed by atoms with Gasteiger partial charge in [0.1, 0.15) is 4.21 Å². The van der Waals surface area contributed by atoms with Gasteiger partial charge in [-0.1, -0.05) is 6.07 Å². The number of amides is 2. The number of thiophene rings is 1. The zero-order chi connectivity index (χ0) is 18.7. The van der Waals surface area contributed by atoms with Gasteiger partial charge >= 0.3 is 0 Å². The maximum atomic E-state index is 12.6. The number of carbonyl (C=O) groups excluding carboxylic acids is 2. The first-order chi connectivity index (χ1) is 12.4. The summed E-state index contributed by atoms with van der Waals surface area (Å²) < 4.78 is 26.9. The van der Waals surface area contributed by atoms with Gasteiger partial charge in [-0.25, -0.2) is 8.42 Å². The van der Waals surface area contributed by atoms with E-state index in [0.29, 0.717) is 34.8 Å². The summed E-state index contributed by atoms with van der Waals surface area (Å²) in [6, 6.07) is 9.53. The molecule has 1 saturated heterocycles. The molecule has 2 amide bonds. The lowest BCUT2D eigenvalue weighted by molar-refractivity contribution is -0.120. The van der Waals surface area contributed by atoms with E-state index in [1.165, 1.54) is 27.8 Å². The second-order valence-corrected chi connectivity index (χ2v) is 9.18. The van der Waals surface area contributed by atoms with Crippen LogP contribution in [0, 0.1) is 5.92 Å². The summed E-state index contributed by atoms with van der Waals surface area (Å²) in [5.41, 5.74) is 6.09. The van der Waals surface area contributed by atoms with Gasteiger partial charge in [0.05, 0.1) is 5.92 Å². The molecule has 26 heavy (non-hydrogen) atoms. The van der Waals surface area contributed by atoms with E-state index in [0.717, 1.165) is 0 Å². The number of sulfonamides is 1. The Bertz CT molecular complexity index is 893. The molecule has 0 bridgehead atoms. The zero-order valence-electron chi connectivity index (χ0n) is 13.9. The molecule has 1 atom stereocenters. The fourth-order valence-electron chi connectivity index (χ4n) is 2.87. The molecule has 0 spiro atoms. The van der Waals surface area contributed by atoms with E-state index in [4.69, 9.17) is 5.73 Å². The number of rotatable bonds is 5. The molecule has 0 aliphatic carbocycles. The number of primary amides is 1. The van der Waals surface area contributed by atoms with E-state index in [1.807, 2.05) is 0 Å². The number of anilines is 1. The first-order valence-corrected chi connectivity index (χ1v) is 10.4. The van der Waals surface area contributed by atoms with Crippen molar-refractivity contribution < 1.29 is 18.0 Å². The number of nitrogens with zero attached hydrogens (tertiary/aromatic N) is 1. The van der Waals surface area contributed by atoms with Crippen LogP contribution in [0.1, 0.15) is 23.2 Å². The molecule has 3 rings (SSSR count). The van der Waals surface area contributed by atoms with Gasteiger partial charge in [-0.3, -0.25) is 9.59 Å². The van der Waals surface area contributed by atoms with E-state index in [1.54, 1.807) is 29.6 Å². The van der Waals surface area contributed by atoms with Crippen molar-refractivity contribution in [2.45, 2.75) is 17.1 Å². The van der Waals surface area contributed by atoms with Gasteiger partial charge in [0.15, 0.2) is 0 Å². The number of piperidine rings is 1. The van der Waals surface area contributed by atoms with Crippen molar-refractivity contribution in [3.05, 3.63) is 47.3 Å². The van der Waals surface area contributed by atoms with Crippen LogP contribution in [-0.4, -0.2) is 37.6 Å². The minimum Gasteiger partial charge on any atom is -0.366 e. The van der Waals surface area contributed by atoms with Crippen LogP contribution in [0.2, 0.25) is 0 Å². The predicted molar refractivity (Wildman–Crippen MR) is 99.4 cm³/mol. The van der Waals surface area contributed by atoms with E-state index >= 15 is 0 Å². The van der Waals surface area contributed by atoms with Crippen LogP contribution in [0.4, 0.5) is 5.69 Å². The highest BCUT2D eigenvalue weighted by Gasteiger charge is 2.33. The van der Waals surface area contributed by atoms with Crippen molar-refractivity contribution in [1.82, 2.24) is 4.31 Å². The first-order valence-electron chi connectivity index (χ1n) is 8.12. The molecule has 1 aromatic carbocycles. The Labute approximate surface area is 155 Å². The molecule has 3 N–H and O–H groups in total. The Morgan fingerprint density at radius 1 is 1.19 bits per heavy atom. The molecule has 7 nitrogen and oxygen atoms in total. The molecule has 1 fully saturated rings. The Morgan fingerprint density at radius 2 is 1.92 bits per heavy atom. The molecule has 0 radical (unpaired) electrons. The van der Waals surface area contributed by atoms with Crippen LogP contribution in [0.25, 0.3) is 0 Å². The summed E-state index contributed by atoms with van der Waals surface area (Å²) in [6.07, 6.45) is 1.25. The fourth-order valence-corrected chi connectivity index (χ4v) is 5.54. The van der Waals surface area contributed by atoms with Crippen molar-refractivity contribution in [2.24, 2.45) is 11.7 Å². The minimum absolute atomic E-state index is 0.158. The molecule has 0 unspecified atom stereocenters. The largest absolute Gasteiger partial charge is 0.366 e. The van der Waals surface area contributed by atoms with E-state index in [2.05, 4.69) is 5.32 Å². The SMILES string of the molecule is NC(=O)c1ccc(NC(=O)[C@H]2CCCN(S(=O)(=O)c3cccs3)C2)cc1. The number of nitrogens with one attached hydrogen (secondary N) is 1. The summed E-state index contributed by atoms with van der Waals surface area (Å²) >= 11 is 1.17. The van der Waals surface area contributed by atoms with Gasteiger partial charge in [-0.05, 0) is 48.6 Å². The Hall–Kier alpha value is -2.23. The highest BCUT2D eigenvalue weighted by Crippen LogP contribution is 2.27. The topological polar surface area (TPSA) is 110 Å². The fraction of sp³-hybridized carbons (Fsp3) is 0.294. The normalized spacial score (nSPS) is 18.4. The van der Waals surface area contributed by atoms with Gasteiger partial charge in [-0.15, -0.1) is 11.3 Å². The Balaban J connectivity index is 1.67. The summed E-state index contributed by atoms with van der Waals surface area (Å²) in [4.78, 5) is 23.6. The standard InChI is InChI=1S/C17H19N3O4S2/c18-16(21)12-5-7-14(8-6-12)19-17(22)13-3-1-9-20(11-13)26(23,24)15-4-2-10-25-15/h2,4-8,10,13H,1,3,9,11H2,(H2,18,21)(H,19,22)/t13-/m0/s1. The highest BCUT2D eigenvalue weighted by atomic mass is 32.2. The van der Waals surface area contributed by atoms with Crippen molar-refractivity contribution in [3.63, 3.8) is 0 Å². The molecular formula is C17H19N3O4S2. The molecule has 0 saturated carbocycles. The lowest BCUT2D eigenvalue weighted by atomic mass is 9.98. The molecule has 2 heterocycles. The molecular weight excluding hydrogens is 374 g/mol. The van der Waals surface area contributed by atoms with Gasteiger partial charge in [-0.2, -0.15) is 4.31 Å². The summed E-state index contributed by atoms with van der Waals surface area (Å²) in [5.74, 6) is -1.19. The van der Waals surface area contributed by atoms with Gasteiger partial charge in [0, 0.05) is 24.3 Å². The Morgan fingerprint density at radius 3 is 2.54 bits per heavy atom. The summed E-state index contributed by atoms with van der Waals surface area (Å²) in [6.45, 7) is 0.572. The van der Waals surface area contributed by atoms with Crippen LogP contribution < -0.4 is 11.1 Å². The molecule has 1 aromatic heterocycles. The monoisotopic (exact) mass is 393 g/mol. The Kier molecular flexibility index (Phi) is 5.40. The van der Waals surface area contributed by atoms with E-state index < -0.39 is 21.8 Å². The van der Waals surface area contributed by atoms with Crippen molar-refractivity contribution >= 4 is 38.9 Å². The number of benzene rings is 1. The number of nitrogens with two attached hydrogens (primary N) is 1. The van der Waals surface area contributed by atoms with E-state index in [9.17, 15) is 18.0 Å². The minimum atomic E-state index is -3.55. The number of hydrogen-bond acceptors (Lipinski definition) is 5. The van der Waals surface area contributed by atoms with Crippen LogP contribution >= 0.6 is 11.3 Å². The maximum absolute atomic E-state index is 12.6. The highest BCUT2D eigenvalue weighted by molar-refractivity contribution is 7.91. The van der Waals surface area contributed by atoms with Crippen LogP contribution in [0.15, 0.2) is 46.0 Å². The quantitative estimate of drug-likeness (QED) is 0.808. The summed E-state index contributed by atoms with van der Waals surface area (Å²) in [7, 11) is -3.55. The average molecular weight is 393 g/mol. The third-order valence-corrected chi connectivity index (χ3v) is 7.52. The van der Waals surface area contributed by atoms with Gasteiger partial charge in [0.2, 0.25) is 11.8 Å². The third-order valence-electron chi connectivity index (χ3n) is 4.28. The number of carbonyl (C=O) groups is 2. The molecule has 9 heteroatoms. The van der Waals surface area contributed by atoms with Crippen molar-refractivity contribution in [1.29, 1.82) is 0 Å². The smallest absolute Gasteiger partial charge is 0.252 e. The van der Waals surface area contributed by atoms with Crippen molar-refractivity contribution in [2.75, 3.05) is 18.4 Å². The lowest BCUT2D eigenvalue weighted by Crippen LogP contribution is -2.43. The first kappa shape index (κ1) is 18.6. The second-order valence-electron chi connectivity index (χ2n) is 6.07. The third kappa shape index (κ3) is 3.95. The lowest BCUT2D eigenvalue weighted by Gasteiger charge is -2.30. The molecule has 2 aromatic rings. The average Bonchev–Trinajstić information content (AvgIpc) is 3.18. The maximum Gasteiger partial charge on any atom is 0.252 e.